The van der Waals surface area contributed by atoms with Crippen LogP contribution in [0.1, 0.15) is 25.3 Å². The van der Waals surface area contributed by atoms with Crippen molar-refractivity contribution in [2.75, 3.05) is 25.5 Å². The number of nitrogens with zero attached hydrogens (tertiary/aromatic N) is 2. The lowest BCUT2D eigenvalue weighted by atomic mass is 9.82. The van der Waals surface area contributed by atoms with Crippen molar-refractivity contribution in [2.24, 2.45) is 5.92 Å². The first kappa shape index (κ1) is 15.7. The normalized spacial score (nSPS) is 21.1. The van der Waals surface area contributed by atoms with Gasteiger partial charge in [-0.15, -0.1) is 0 Å². The predicted molar refractivity (Wildman–Crippen MR) is 82.3 cm³/mol. The molecule has 0 bridgehead atoms. The molecule has 0 aromatic heterocycles. The first-order valence-corrected chi connectivity index (χ1v) is 7.37. The molecule has 1 saturated carbocycles. The molecule has 1 aromatic rings. The van der Waals surface area contributed by atoms with Gasteiger partial charge in [-0.1, -0.05) is 6.07 Å². The maximum atomic E-state index is 11.1. The summed E-state index contributed by atoms with van der Waals surface area (Å²) in [5.41, 5.74) is 1.63. The van der Waals surface area contributed by atoms with E-state index in [1.165, 1.54) is 0 Å². The number of anilines is 1. The predicted octanol–water partition coefficient (Wildman–Crippen LogP) is 2.23. The number of hydrogen-bond acceptors (Lipinski definition) is 5. The molecule has 1 aliphatic rings. The second-order valence-corrected chi connectivity index (χ2v) is 5.83. The van der Waals surface area contributed by atoms with Gasteiger partial charge >= 0.3 is 0 Å². The zero-order valence-electron chi connectivity index (χ0n) is 12.6. The molecule has 2 N–H and O–H groups in total. The second kappa shape index (κ2) is 6.87. The molecule has 0 spiro atoms. The molecule has 1 fully saturated rings. The molecule has 6 heteroatoms. The standard InChI is InChI=1S/C15H23N3O3/c1-3-16-14-5-4-11(8-15(14)18(20)21)9-17(2)10-12-6-13(19)7-12/h4-5,8,12-13,16,19H,3,6-7,9-10H2,1-2H3. The van der Waals surface area contributed by atoms with E-state index in [4.69, 9.17) is 0 Å². The SMILES string of the molecule is CCNc1ccc(CN(C)CC2CC(O)C2)cc1[N+](=O)[O-]. The maximum absolute atomic E-state index is 11.1. The number of nitro groups is 1. The summed E-state index contributed by atoms with van der Waals surface area (Å²) < 4.78 is 0. The molecule has 116 valence electrons. The van der Waals surface area contributed by atoms with Crippen LogP contribution in [0.4, 0.5) is 11.4 Å². The van der Waals surface area contributed by atoms with E-state index in [2.05, 4.69) is 10.2 Å². The number of aliphatic hydroxyl groups excluding tert-OH is 1. The number of aliphatic hydroxyl groups is 1. The lowest BCUT2D eigenvalue weighted by molar-refractivity contribution is -0.384. The Morgan fingerprint density at radius 3 is 2.76 bits per heavy atom. The van der Waals surface area contributed by atoms with Gasteiger partial charge in [0.2, 0.25) is 0 Å². The number of nitro benzene ring substituents is 1. The Hall–Kier alpha value is -1.66. The summed E-state index contributed by atoms with van der Waals surface area (Å²) in [5, 5.41) is 23.4. The fourth-order valence-electron chi connectivity index (χ4n) is 2.83. The van der Waals surface area contributed by atoms with Gasteiger partial charge in [0.15, 0.2) is 0 Å². The van der Waals surface area contributed by atoms with Crippen molar-refractivity contribution in [3.8, 4) is 0 Å². The summed E-state index contributed by atoms with van der Waals surface area (Å²) in [6.45, 7) is 4.17. The van der Waals surface area contributed by atoms with Crippen molar-refractivity contribution in [3.63, 3.8) is 0 Å². The van der Waals surface area contributed by atoms with E-state index in [0.29, 0.717) is 24.7 Å². The van der Waals surface area contributed by atoms with E-state index in [1.54, 1.807) is 12.1 Å². The summed E-state index contributed by atoms with van der Waals surface area (Å²) >= 11 is 0. The molecule has 21 heavy (non-hydrogen) atoms. The van der Waals surface area contributed by atoms with Crippen LogP contribution in [0.15, 0.2) is 18.2 Å². The van der Waals surface area contributed by atoms with Gasteiger partial charge in [-0.05, 0) is 44.4 Å². The molecular weight excluding hydrogens is 270 g/mol. The van der Waals surface area contributed by atoms with Crippen LogP contribution in [-0.2, 0) is 6.54 Å². The smallest absolute Gasteiger partial charge is 0.292 e. The van der Waals surface area contributed by atoms with Gasteiger partial charge in [0.1, 0.15) is 5.69 Å². The van der Waals surface area contributed by atoms with Crippen LogP contribution >= 0.6 is 0 Å². The maximum Gasteiger partial charge on any atom is 0.292 e. The van der Waals surface area contributed by atoms with E-state index in [-0.39, 0.29) is 16.7 Å². The molecule has 0 radical (unpaired) electrons. The minimum absolute atomic E-state index is 0.127. The molecular formula is C15H23N3O3. The third kappa shape index (κ3) is 4.15. The van der Waals surface area contributed by atoms with Crippen LogP contribution in [0, 0.1) is 16.0 Å². The molecule has 0 unspecified atom stereocenters. The van der Waals surface area contributed by atoms with Gasteiger partial charge in [0.05, 0.1) is 11.0 Å². The van der Waals surface area contributed by atoms with Crippen LogP contribution in [0.25, 0.3) is 0 Å². The van der Waals surface area contributed by atoms with Crippen LogP contribution in [0.3, 0.4) is 0 Å². The zero-order chi connectivity index (χ0) is 15.4. The molecule has 0 aliphatic heterocycles. The van der Waals surface area contributed by atoms with Gasteiger partial charge in [-0.2, -0.15) is 0 Å². The highest BCUT2D eigenvalue weighted by Crippen LogP contribution is 2.29. The highest BCUT2D eigenvalue weighted by Gasteiger charge is 2.27. The van der Waals surface area contributed by atoms with E-state index in [1.807, 2.05) is 20.0 Å². The quantitative estimate of drug-likeness (QED) is 0.595. The monoisotopic (exact) mass is 293 g/mol. The minimum Gasteiger partial charge on any atom is -0.393 e. The van der Waals surface area contributed by atoms with Crippen LogP contribution in [0.5, 0.6) is 0 Å². The number of hydrogen-bond donors (Lipinski definition) is 2. The summed E-state index contributed by atoms with van der Waals surface area (Å²) in [6.07, 6.45) is 1.59. The topological polar surface area (TPSA) is 78.6 Å². The third-order valence-corrected chi connectivity index (χ3v) is 3.86. The Kier molecular flexibility index (Phi) is 5.14. The van der Waals surface area contributed by atoms with Crippen LogP contribution in [-0.4, -0.2) is 41.2 Å². The van der Waals surface area contributed by atoms with Gasteiger partial charge in [-0.25, -0.2) is 0 Å². The first-order chi connectivity index (χ1) is 9.99. The van der Waals surface area contributed by atoms with Gasteiger partial charge in [0.25, 0.3) is 5.69 Å². The Bertz CT molecular complexity index is 501. The molecule has 0 saturated heterocycles. The first-order valence-electron chi connectivity index (χ1n) is 7.37. The minimum atomic E-state index is -0.343. The molecule has 1 aromatic carbocycles. The summed E-state index contributed by atoms with van der Waals surface area (Å²) in [7, 11) is 2.01. The second-order valence-electron chi connectivity index (χ2n) is 5.83. The Morgan fingerprint density at radius 2 is 2.19 bits per heavy atom. The zero-order valence-corrected chi connectivity index (χ0v) is 12.6. The Labute approximate surface area is 124 Å². The van der Waals surface area contributed by atoms with Gasteiger partial charge < -0.3 is 15.3 Å². The van der Waals surface area contributed by atoms with Crippen molar-refractivity contribution in [1.82, 2.24) is 4.90 Å². The number of benzene rings is 1. The third-order valence-electron chi connectivity index (χ3n) is 3.86. The van der Waals surface area contributed by atoms with Gasteiger partial charge in [0, 0.05) is 25.7 Å². The molecule has 6 nitrogen and oxygen atoms in total. The van der Waals surface area contributed by atoms with E-state index < -0.39 is 0 Å². The molecule has 1 aliphatic carbocycles. The lowest BCUT2D eigenvalue weighted by Crippen LogP contribution is -2.36. The average Bonchev–Trinajstić information content (AvgIpc) is 2.38. The highest BCUT2D eigenvalue weighted by molar-refractivity contribution is 5.62. The molecule has 0 atom stereocenters. The number of rotatable bonds is 7. The van der Waals surface area contributed by atoms with Crippen molar-refractivity contribution in [1.29, 1.82) is 0 Å². The van der Waals surface area contributed by atoms with E-state index in [0.717, 1.165) is 24.9 Å². The summed E-state index contributed by atoms with van der Waals surface area (Å²) in [5.74, 6) is 0.543. The fourth-order valence-corrected chi connectivity index (χ4v) is 2.83. The van der Waals surface area contributed by atoms with Crippen molar-refractivity contribution in [3.05, 3.63) is 33.9 Å². The van der Waals surface area contributed by atoms with Crippen LogP contribution in [0.2, 0.25) is 0 Å². The van der Waals surface area contributed by atoms with Crippen molar-refractivity contribution in [2.45, 2.75) is 32.4 Å². The highest BCUT2D eigenvalue weighted by atomic mass is 16.6. The Morgan fingerprint density at radius 1 is 1.48 bits per heavy atom. The largest absolute Gasteiger partial charge is 0.393 e. The van der Waals surface area contributed by atoms with Crippen molar-refractivity contribution >= 4 is 11.4 Å². The van der Waals surface area contributed by atoms with E-state index in [9.17, 15) is 15.2 Å². The Balaban J connectivity index is 1.99. The lowest BCUT2D eigenvalue weighted by Gasteiger charge is -2.34. The summed E-state index contributed by atoms with van der Waals surface area (Å²) in [4.78, 5) is 12.9. The number of nitrogens with one attached hydrogen (secondary N) is 1. The average molecular weight is 293 g/mol. The molecule has 0 amide bonds. The fraction of sp³-hybridized carbons (Fsp3) is 0.600. The molecule has 2 rings (SSSR count). The van der Waals surface area contributed by atoms with Crippen LogP contribution < -0.4 is 5.32 Å². The van der Waals surface area contributed by atoms with Crippen molar-refractivity contribution < 1.29 is 10.0 Å². The molecule has 0 heterocycles. The summed E-state index contributed by atoms with van der Waals surface area (Å²) in [6, 6.07) is 5.35. The van der Waals surface area contributed by atoms with E-state index >= 15 is 0 Å². The van der Waals surface area contributed by atoms with Gasteiger partial charge in [-0.3, -0.25) is 10.1 Å².